The second-order valence-corrected chi connectivity index (χ2v) is 6.87. The molecule has 0 unspecified atom stereocenters. The van der Waals surface area contributed by atoms with Gasteiger partial charge in [0.2, 0.25) is 5.28 Å². The van der Waals surface area contributed by atoms with Gasteiger partial charge in [0.15, 0.2) is 0 Å². The van der Waals surface area contributed by atoms with Crippen LogP contribution >= 0.6 is 11.6 Å². The van der Waals surface area contributed by atoms with Crippen molar-refractivity contribution < 1.29 is 15.3 Å². The Hall–Kier alpha value is -2.35. The van der Waals surface area contributed by atoms with Gasteiger partial charge in [0.05, 0.1) is 17.5 Å². The van der Waals surface area contributed by atoms with Crippen LogP contribution in [0.3, 0.4) is 0 Å². The summed E-state index contributed by atoms with van der Waals surface area (Å²) in [6.07, 6.45) is 0.503. The van der Waals surface area contributed by atoms with Crippen LogP contribution in [-0.2, 0) is 0 Å². The first-order valence-corrected chi connectivity index (χ1v) is 8.74. The Kier molecular flexibility index (Phi) is 4.22. The molecule has 0 amide bonds. The molecule has 1 fully saturated rings. The number of hydrogen-bond donors (Lipinski definition) is 4. The fraction of sp³-hybridized carbons (Fsp3) is 0.333. The molecule has 7 nitrogen and oxygen atoms in total. The number of aliphatic hydroxyl groups excluding tert-OH is 2. The predicted octanol–water partition coefficient (Wildman–Crippen LogP) is 2.28. The summed E-state index contributed by atoms with van der Waals surface area (Å²) in [5.74, 6) is 0.539. The van der Waals surface area contributed by atoms with Crippen LogP contribution in [0, 0.1) is 0 Å². The summed E-state index contributed by atoms with van der Waals surface area (Å²) in [5.41, 5.74) is 1.48. The van der Waals surface area contributed by atoms with Crippen molar-refractivity contribution in [3.63, 3.8) is 0 Å². The van der Waals surface area contributed by atoms with E-state index in [1.807, 2.05) is 16.8 Å². The normalized spacial score (nSPS) is 25.7. The van der Waals surface area contributed by atoms with Crippen LogP contribution in [0.15, 0.2) is 36.5 Å². The van der Waals surface area contributed by atoms with E-state index in [0.717, 1.165) is 10.9 Å². The van der Waals surface area contributed by atoms with Crippen molar-refractivity contribution in [1.29, 1.82) is 0 Å². The highest BCUT2D eigenvalue weighted by molar-refractivity contribution is 6.28. The van der Waals surface area contributed by atoms with E-state index in [0.29, 0.717) is 17.9 Å². The lowest BCUT2D eigenvalue weighted by Crippen LogP contribution is -2.28. The Labute approximate surface area is 154 Å². The third-order valence-corrected chi connectivity index (χ3v) is 5.28. The summed E-state index contributed by atoms with van der Waals surface area (Å²) in [5, 5.41) is 34.6. The number of phenolic OH excluding ortho intramolecular Hbond substituents is 1. The van der Waals surface area contributed by atoms with Crippen LogP contribution in [-0.4, -0.2) is 49.1 Å². The fourth-order valence-corrected chi connectivity index (χ4v) is 3.97. The number of phenols is 1. The standard InChI is InChI=1S/C18H19ClN4O3/c1-20-16-11-6-7-23(17(11)22-18(19)21-16)13-8-12(14(25)15(13)26)9-2-4-10(24)5-3-9/h2-7,12-15,24-26H,8H2,1H3,(H,20,21,22)/t12-,13-,14-,15+/m1/s1. The number of anilines is 1. The molecule has 1 aromatic carbocycles. The minimum absolute atomic E-state index is 0.116. The van der Waals surface area contributed by atoms with Crippen LogP contribution in [0.1, 0.15) is 23.9 Å². The van der Waals surface area contributed by atoms with Gasteiger partial charge in [0.25, 0.3) is 0 Å². The van der Waals surface area contributed by atoms with Crippen LogP contribution in [0.5, 0.6) is 5.75 Å². The van der Waals surface area contributed by atoms with E-state index in [4.69, 9.17) is 11.6 Å². The average molecular weight is 375 g/mol. The maximum Gasteiger partial charge on any atom is 0.226 e. The largest absolute Gasteiger partial charge is 0.508 e. The Morgan fingerprint density at radius 3 is 2.54 bits per heavy atom. The zero-order chi connectivity index (χ0) is 18.4. The molecule has 26 heavy (non-hydrogen) atoms. The Morgan fingerprint density at radius 2 is 1.85 bits per heavy atom. The van der Waals surface area contributed by atoms with E-state index in [2.05, 4.69) is 15.3 Å². The second kappa shape index (κ2) is 6.42. The van der Waals surface area contributed by atoms with Gasteiger partial charge in [-0.15, -0.1) is 0 Å². The summed E-state index contributed by atoms with van der Waals surface area (Å²) >= 11 is 6.03. The number of rotatable bonds is 3. The van der Waals surface area contributed by atoms with Crippen molar-refractivity contribution in [3.8, 4) is 5.75 Å². The highest BCUT2D eigenvalue weighted by Crippen LogP contribution is 2.43. The number of aromatic hydroxyl groups is 1. The van der Waals surface area contributed by atoms with Crippen LogP contribution in [0.4, 0.5) is 5.82 Å². The Morgan fingerprint density at radius 1 is 1.12 bits per heavy atom. The van der Waals surface area contributed by atoms with E-state index in [1.54, 1.807) is 31.3 Å². The average Bonchev–Trinajstić information content (AvgIpc) is 3.17. The first-order valence-electron chi connectivity index (χ1n) is 8.36. The van der Waals surface area contributed by atoms with Crippen LogP contribution in [0.25, 0.3) is 11.0 Å². The van der Waals surface area contributed by atoms with E-state index in [-0.39, 0.29) is 23.0 Å². The van der Waals surface area contributed by atoms with Gasteiger partial charge in [-0.05, 0) is 41.8 Å². The molecule has 136 valence electrons. The van der Waals surface area contributed by atoms with Gasteiger partial charge in [-0.1, -0.05) is 12.1 Å². The topological polar surface area (TPSA) is 103 Å². The molecule has 3 aromatic rings. The molecule has 0 aliphatic heterocycles. The number of fused-ring (bicyclic) bond motifs is 1. The Balaban J connectivity index is 1.73. The smallest absolute Gasteiger partial charge is 0.226 e. The molecular formula is C18H19ClN4O3. The van der Waals surface area contributed by atoms with E-state index < -0.39 is 12.2 Å². The number of benzene rings is 1. The molecule has 0 saturated heterocycles. The Bertz CT molecular complexity index is 944. The molecule has 0 radical (unpaired) electrons. The molecular weight excluding hydrogens is 356 g/mol. The van der Waals surface area contributed by atoms with Gasteiger partial charge in [0, 0.05) is 19.2 Å². The van der Waals surface area contributed by atoms with Gasteiger partial charge in [-0.2, -0.15) is 4.98 Å². The summed E-state index contributed by atoms with van der Waals surface area (Å²) in [6.45, 7) is 0. The van der Waals surface area contributed by atoms with E-state index in [1.165, 1.54) is 0 Å². The van der Waals surface area contributed by atoms with Crippen molar-refractivity contribution in [2.24, 2.45) is 0 Å². The lowest BCUT2D eigenvalue weighted by atomic mass is 9.95. The zero-order valence-corrected chi connectivity index (χ0v) is 14.8. The van der Waals surface area contributed by atoms with Crippen LogP contribution < -0.4 is 5.32 Å². The van der Waals surface area contributed by atoms with Crippen molar-refractivity contribution >= 4 is 28.5 Å². The highest BCUT2D eigenvalue weighted by atomic mass is 35.5. The maximum atomic E-state index is 10.7. The van der Waals surface area contributed by atoms with Gasteiger partial charge < -0.3 is 25.2 Å². The summed E-state index contributed by atoms with van der Waals surface area (Å²) in [7, 11) is 1.75. The van der Waals surface area contributed by atoms with Crippen molar-refractivity contribution in [2.45, 2.75) is 30.6 Å². The van der Waals surface area contributed by atoms with Crippen molar-refractivity contribution in [3.05, 3.63) is 47.4 Å². The molecule has 2 aromatic heterocycles. The third kappa shape index (κ3) is 2.68. The second-order valence-electron chi connectivity index (χ2n) is 6.53. The quantitative estimate of drug-likeness (QED) is 0.524. The maximum absolute atomic E-state index is 10.7. The molecule has 4 rings (SSSR count). The summed E-state index contributed by atoms with van der Waals surface area (Å²) in [4.78, 5) is 8.47. The molecule has 1 aliphatic rings. The molecule has 4 atom stereocenters. The lowest BCUT2D eigenvalue weighted by Gasteiger charge is -2.19. The number of aliphatic hydroxyl groups is 2. The minimum Gasteiger partial charge on any atom is -0.508 e. The monoisotopic (exact) mass is 374 g/mol. The first kappa shape index (κ1) is 17.1. The van der Waals surface area contributed by atoms with Crippen molar-refractivity contribution in [2.75, 3.05) is 12.4 Å². The third-order valence-electron chi connectivity index (χ3n) is 5.11. The van der Waals surface area contributed by atoms with Crippen molar-refractivity contribution in [1.82, 2.24) is 14.5 Å². The summed E-state index contributed by atoms with van der Waals surface area (Å²) in [6, 6.07) is 8.22. The van der Waals surface area contributed by atoms with Crippen LogP contribution in [0.2, 0.25) is 5.28 Å². The molecule has 1 saturated carbocycles. The number of nitrogens with one attached hydrogen (secondary N) is 1. The molecule has 4 N–H and O–H groups in total. The van der Waals surface area contributed by atoms with E-state index in [9.17, 15) is 15.3 Å². The molecule has 1 aliphatic carbocycles. The predicted molar refractivity (Wildman–Crippen MR) is 98.6 cm³/mol. The number of halogens is 1. The highest BCUT2D eigenvalue weighted by Gasteiger charge is 2.43. The molecule has 0 spiro atoms. The number of aromatic nitrogens is 3. The van der Waals surface area contributed by atoms with Gasteiger partial charge in [-0.3, -0.25) is 0 Å². The molecule has 2 heterocycles. The first-order chi connectivity index (χ1) is 12.5. The lowest BCUT2D eigenvalue weighted by molar-refractivity contribution is 0.0179. The van der Waals surface area contributed by atoms with Gasteiger partial charge >= 0.3 is 0 Å². The van der Waals surface area contributed by atoms with Gasteiger partial charge in [0.1, 0.15) is 23.3 Å². The summed E-state index contributed by atoms with van der Waals surface area (Å²) < 4.78 is 1.85. The zero-order valence-electron chi connectivity index (χ0n) is 14.0. The van der Waals surface area contributed by atoms with Gasteiger partial charge in [-0.25, -0.2) is 4.98 Å². The SMILES string of the molecule is CNc1nc(Cl)nc2c1ccn2[C@@H]1C[C@H](c2ccc(O)cc2)[C@@H](O)[C@H]1O. The molecule has 8 heteroatoms. The fourth-order valence-electron chi connectivity index (χ4n) is 3.80. The number of hydrogen-bond acceptors (Lipinski definition) is 6. The number of nitrogens with zero attached hydrogens (tertiary/aromatic N) is 3. The van der Waals surface area contributed by atoms with E-state index >= 15 is 0 Å². The minimum atomic E-state index is -0.948. The molecule has 0 bridgehead atoms.